The van der Waals surface area contributed by atoms with Crippen molar-refractivity contribution in [3.63, 3.8) is 0 Å². The first-order valence-corrected chi connectivity index (χ1v) is 9.51. The molecule has 3 rings (SSSR count). The number of thiophene rings is 1. The van der Waals surface area contributed by atoms with Crippen LogP contribution in [0.3, 0.4) is 0 Å². The van der Waals surface area contributed by atoms with Gasteiger partial charge >= 0.3 is 5.69 Å². The van der Waals surface area contributed by atoms with Gasteiger partial charge in [-0.25, -0.2) is 9.36 Å². The summed E-state index contributed by atoms with van der Waals surface area (Å²) in [5.74, 6) is -0.421. The molecule has 0 saturated carbocycles. The van der Waals surface area contributed by atoms with Crippen LogP contribution in [-0.4, -0.2) is 15.0 Å². The van der Waals surface area contributed by atoms with Crippen molar-refractivity contribution in [1.82, 2.24) is 14.5 Å². The van der Waals surface area contributed by atoms with Crippen LogP contribution in [0, 0.1) is 11.3 Å². The van der Waals surface area contributed by atoms with E-state index >= 15 is 0 Å². The van der Waals surface area contributed by atoms with Gasteiger partial charge in [0, 0.05) is 17.1 Å². The van der Waals surface area contributed by atoms with Gasteiger partial charge in [0.25, 0.3) is 5.56 Å². The Labute approximate surface area is 154 Å². The van der Waals surface area contributed by atoms with E-state index in [1.54, 1.807) is 0 Å². The first kappa shape index (κ1) is 18.1. The van der Waals surface area contributed by atoms with Crippen LogP contribution >= 0.6 is 11.3 Å². The van der Waals surface area contributed by atoms with Gasteiger partial charge in [-0.3, -0.25) is 14.2 Å². The Bertz CT molecular complexity index is 966. The molecule has 8 heteroatoms. The maximum Gasteiger partial charge on any atom is 0.331 e. The standard InChI is InChI=1S/C18H20N4O3S/c1-12(16(23)20-11-13-6-5-9-26-13)22-17(24)14(10-19)15-7-3-2-4-8-21(15)18(22)25/h5-6,9,12H,2-4,7-8,11H2,1H3,(H,20,23)/t12-/m0/s1. The molecule has 0 fully saturated rings. The van der Waals surface area contributed by atoms with E-state index < -0.39 is 23.2 Å². The molecular formula is C18H20N4O3S. The number of aromatic nitrogens is 2. The fourth-order valence-electron chi connectivity index (χ4n) is 3.25. The first-order chi connectivity index (χ1) is 12.5. The second kappa shape index (κ2) is 7.70. The van der Waals surface area contributed by atoms with Crippen molar-refractivity contribution in [2.45, 2.75) is 51.7 Å². The van der Waals surface area contributed by atoms with Gasteiger partial charge in [-0.05, 0) is 37.6 Å². The van der Waals surface area contributed by atoms with Crippen LogP contribution in [0.25, 0.3) is 0 Å². The van der Waals surface area contributed by atoms with Crippen LogP contribution in [0.4, 0.5) is 0 Å². The Hall–Kier alpha value is -2.66. The zero-order valence-corrected chi connectivity index (χ0v) is 15.3. The normalized spacial score (nSPS) is 14.8. The maximum atomic E-state index is 12.9. The van der Waals surface area contributed by atoms with Gasteiger partial charge < -0.3 is 5.32 Å². The molecule has 3 heterocycles. The summed E-state index contributed by atoms with van der Waals surface area (Å²) in [6, 6.07) is 4.74. The fraction of sp³-hybridized carbons (Fsp3) is 0.444. The number of hydrogen-bond acceptors (Lipinski definition) is 5. The molecule has 2 aromatic rings. The van der Waals surface area contributed by atoms with Crippen molar-refractivity contribution in [2.75, 3.05) is 0 Å². The summed E-state index contributed by atoms with van der Waals surface area (Å²) in [4.78, 5) is 39.1. The van der Waals surface area contributed by atoms with Crippen molar-refractivity contribution in [1.29, 1.82) is 5.26 Å². The van der Waals surface area contributed by atoms with Crippen molar-refractivity contribution in [3.05, 3.63) is 54.5 Å². The van der Waals surface area contributed by atoms with E-state index in [0.717, 1.165) is 28.7 Å². The molecule has 0 spiro atoms. The average molecular weight is 372 g/mol. The smallest absolute Gasteiger partial charge is 0.331 e. The SMILES string of the molecule is C[C@@H](C(=O)NCc1cccs1)n1c(=O)c(C#N)c2n(c1=O)CCCCC2. The molecule has 0 saturated heterocycles. The molecular weight excluding hydrogens is 352 g/mol. The van der Waals surface area contributed by atoms with Gasteiger partial charge in [-0.15, -0.1) is 11.3 Å². The molecule has 7 nitrogen and oxygen atoms in total. The summed E-state index contributed by atoms with van der Waals surface area (Å²) in [7, 11) is 0. The molecule has 1 aliphatic rings. The zero-order valence-electron chi connectivity index (χ0n) is 14.5. The highest BCUT2D eigenvalue weighted by Gasteiger charge is 2.26. The molecule has 1 N–H and O–H groups in total. The number of amides is 1. The van der Waals surface area contributed by atoms with Crippen LogP contribution in [0.2, 0.25) is 0 Å². The molecule has 0 unspecified atom stereocenters. The molecule has 0 radical (unpaired) electrons. The predicted molar refractivity (Wildman–Crippen MR) is 98.1 cm³/mol. The molecule has 0 bridgehead atoms. The maximum absolute atomic E-state index is 12.9. The summed E-state index contributed by atoms with van der Waals surface area (Å²) in [5, 5.41) is 14.1. The molecule has 26 heavy (non-hydrogen) atoms. The minimum absolute atomic E-state index is 0.0237. The second-order valence-corrected chi connectivity index (χ2v) is 7.36. The molecule has 0 aliphatic carbocycles. The van der Waals surface area contributed by atoms with E-state index in [0.29, 0.717) is 25.2 Å². The zero-order chi connectivity index (χ0) is 18.7. The lowest BCUT2D eigenvalue weighted by molar-refractivity contribution is -0.124. The van der Waals surface area contributed by atoms with Crippen LogP contribution in [0.15, 0.2) is 27.1 Å². The Kier molecular flexibility index (Phi) is 5.38. The van der Waals surface area contributed by atoms with E-state index in [9.17, 15) is 19.6 Å². The van der Waals surface area contributed by atoms with Crippen molar-refractivity contribution < 1.29 is 4.79 Å². The van der Waals surface area contributed by atoms with Crippen LogP contribution in [0.1, 0.15) is 48.4 Å². The number of hydrogen-bond donors (Lipinski definition) is 1. The minimum Gasteiger partial charge on any atom is -0.349 e. The Morgan fingerprint density at radius 1 is 1.38 bits per heavy atom. The van der Waals surface area contributed by atoms with Gasteiger partial charge in [-0.2, -0.15) is 5.26 Å². The lowest BCUT2D eigenvalue weighted by Gasteiger charge is -2.18. The minimum atomic E-state index is -0.983. The number of carbonyl (C=O) groups is 1. The summed E-state index contributed by atoms with van der Waals surface area (Å²) in [5.41, 5.74) is -0.707. The number of nitrogens with zero attached hydrogens (tertiary/aromatic N) is 3. The van der Waals surface area contributed by atoms with Crippen LogP contribution in [0.5, 0.6) is 0 Å². The highest BCUT2D eigenvalue weighted by Crippen LogP contribution is 2.15. The van der Waals surface area contributed by atoms with E-state index in [2.05, 4.69) is 5.32 Å². The first-order valence-electron chi connectivity index (χ1n) is 8.63. The Morgan fingerprint density at radius 3 is 2.88 bits per heavy atom. The number of fused-ring (bicyclic) bond motifs is 1. The number of carbonyl (C=O) groups excluding carboxylic acids is 1. The lowest BCUT2D eigenvalue weighted by Crippen LogP contribution is -2.48. The quantitative estimate of drug-likeness (QED) is 0.880. The summed E-state index contributed by atoms with van der Waals surface area (Å²) < 4.78 is 2.41. The van der Waals surface area contributed by atoms with Crippen molar-refractivity contribution in [2.24, 2.45) is 0 Å². The van der Waals surface area contributed by atoms with Gasteiger partial charge in [0.2, 0.25) is 5.91 Å². The van der Waals surface area contributed by atoms with E-state index in [4.69, 9.17) is 0 Å². The summed E-state index contributed by atoms with van der Waals surface area (Å²) >= 11 is 1.51. The second-order valence-electron chi connectivity index (χ2n) is 6.33. The number of nitrogens with one attached hydrogen (secondary N) is 1. The Morgan fingerprint density at radius 2 is 2.19 bits per heavy atom. The molecule has 136 valence electrons. The summed E-state index contributed by atoms with van der Waals surface area (Å²) in [6.45, 7) is 2.32. The topological polar surface area (TPSA) is 96.9 Å². The summed E-state index contributed by atoms with van der Waals surface area (Å²) in [6.07, 6.45) is 3.13. The molecule has 1 amide bonds. The molecule has 2 aromatic heterocycles. The third kappa shape index (κ3) is 3.35. The average Bonchev–Trinajstić information content (AvgIpc) is 3.03. The van der Waals surface area contributed by atoms with Gasteiger partial charge in [0.15, 0.2) is 0 Å². The van der Waals surface area contributed by atoms with E-state index in [1.165, 1.54) is 22.8 Å². The van der Waals surface area contributed by atoms with Crippen molar-refractivity contribution >= 4 is 17.2 Å². The van der Waals surface area contributed by atoms with Gasteiger partial charge in [0.1, 0.15) is 17.7 Å². The highest BCUT2D eigenvalue weighted by atomic mass is 32.1. The van der Waals surface area contributed by atoms with E-state index in [1.807, 2.05) is 23.6 Å². The molecule has 0 aromatic carbocycles. The molecule has 1 atom stereocenters. The Balaban J connectivity index is 1.97. The number of nitriles is 1. The van der Waals surface area contributed by atoms with Crippen LogP contribution in [-0.2, 0) is 24.3 Å². The van der Waals surface area contributed by atoms with Gasteiger partial charge in [-0.1, -0.05) is 12.5 Å². The highest BCUT2D eigenvalue weighted by molar-refractivity contribution is 7.09. The number of rotatable bonds is 4. The third-order valence-corrected chi connectivity index (χ3v) is 5.55. The largest absolute Gasteiger partial charge is 0.349 e. The third-order valence-electron chi connectivity index (χ3n) is 4.67. The molecule has 1 aliphatic heterocycles. The predicted octanol–water partition coefficient (Wildman–Crippen LogP) is 1.55. The fourth-order valence-corrected chi connectivity index (χ4v) is 3.89. The van der Waals surface area contributed by atoms with Gasteiger partial charge in [0.05, 0.1) is 6.54 Å². The lowest BCUT2D eigenvalue weighted by atomic mass is 10.1. The van der Waals surface area contributed by atoms with E-state index in [-0.39, 0.29) is 5.56 Å². The van der Waals surface area contributed by atoms with Crippen LogP contribution < -0.4 is 16.6 Å². The monoisotopic (exact) mass is 372 g/mol. The van der Waals surface area contributed by atoms with Crippen molar-refractivity contribution in [3.8, 4) is 6.07 Å².